The molecular formula is C28H42N2O6. The van der Waals surface area contributed by atoms with Gasteiger partial charge in [-0.05, 0) is 75.3 Å². The summed E-state index contributed by atoms with van der Waals surface area (Å²) in [4.78, 5) is 38.4. The number of ether oxygens (including phenoxy) is 1. The molecule has 8 nitrogen and oxygen atoms in total. The summed E-state index contributed by atoms with van der Waals surface area (Å²) < 4.78 is 5.21. The van der Waals surface area contributed by atoms with Crippen molar-refractivity contribution in [2.45, 2.75) is 91.7 Å². The highest BCUT2D eigenvalue weighted by molar-refractivity contribution is 5.99. The predicted octanol–water partition coefficient (Wildman–Crippen LogP) is 4.92. The lowest BCUT2D eigenvalue weighted by Crippen LogP contribution is -2.57. The first kappa shape index (κ1) is 27.8. The maximum Gasteiger partial charge on any atom is 0.407 e. The summed E-state index contributed by atoms with van der Waals surface area (Å²) >= 11 is 0. The van der Waals surface area contributed by atoms with Crippen LogP contribution in [-0.4, -0.2) is 46.2 Å². The molecule has 2 aliphatic rings. The zero-order chi connectivity index (χ0) is 26.9. The summed E-state index contributed by atoms with van der Waals surface area (Å²) in [6.07, 6.45) is 3.83. The molecule has 1 aromatic carbocycles. The van der Waals surface area contributed by atoms with Crippen LogP contribution in [0.4, 0.5) is 4.79 Å². The number of rotatable bonds is 6. The molecule has 0 aliphatic heterocycles. The summed E-state index contributed by atoms with van der Waals surface area (Å²) in [7, 11) is 0. The third-order valence-electron chi connectivity index (χ3n) is 8.00. The molecule has 0 saturated heterocycles. The molecular weight excluding hydrogens is 460 g/mol. The van der Waals surface area contributed by atoms with E-state index in [0.29, 0.717) is 6.42 Å². The molecule has 0 heterocycles. The van der Waals surface area contributed by atoms with Gasteiger partial charge in [0.1, 0.15) is 17.1 Å². The fraction of sp³-hybridized carbons (Fsp3) is 0.679. The van der Waals surface area contributed by atoms with Crippen LogP contribution in [0.5, 0.6) is 11.5 Å². The first-order valence-corrected chi connectivity index (χ1v) is 12.9. The molecule has 4 N–H and O–H groups in total. The molecule has 200 valence electrons. The number of Topliss-reactive ketones (excluding diaryl/α,β-unsaturated/α-hetero) is 1. The van der Waals surface area contributed by atoms with Crippen molar-refractivity contribution < 1.29 is 29.3 Å². The number of carbonyl (C=O) groups excluding carboxylic acids is 3. The molecule has 2 fully saturated rings. The van der Waals surface area contributed by atoms with Crippen molar-refractivity contribution in [3.63, 3.8) is 0 Å². The summed E-state index contributed by atoms with van der Waals surface area (Å²) in [5, 5.41) is 25.6. The van der Waals surface area contributed by atoms with E-state index in [4.69, 9.17) is 4.74 Å². The van der Waals surface area contributed by atoms with Gasteiger partial charge in [-0.3, -0.25) is 9.59 Å². The Balaban J connectivity index is 1.74. The van der Waals surface area contributed by atoms with Gasteiger partial charge in [0.05, 0.1) is 0 Å². The monoisotopic (exact) mass is 502 g/mol. The standard InChI is InChI=1S/C28H42N2O6/c1-26(2,3)36-25(35)29-11-8-23(33)30-18-14-21(24(34)17-12-19(31)16-20(32)13-17)28(6)10-7-9-27(4,5)22(28)15-18/h12-13,16,18,21-22,31-32H,7-11,14-15H2,1-6H3,(H,29,35)(H,30,33)/t18-,21+,22-,28+/m0/s1. The third kappa shape index (κ3) is 6.51. The first-order valence-electron chi connectivity index (χ1n) is 12.9. The topological polar surface area (TPSA) is 125 Å². The number of carbonyl (C=O) groups is 3. The van der Waals surface area contributed by atoms with Crippen LogP contribution in [0.25, 0.3) is 0 Å². The minimum Gasteiger partial charge on any atom is -0.508 e. The van der Waals surface area contributed by atoms with E-state index in [1.807, 2.05) is 0 Å². The van der Waals surface area contributed by atoms with Gasteiger partial charge < -0.3 is 25.6 Å². The maximum absolute atomic E-state index is 13.8. The number of phenols is 2. The zero-order valence-corrected chi connectivity index (χ0v) is 22.4. The number of hydrogen-bond donors (Lipinski definition) is 4. The van der Waals surface area contributed by atoms with Crippen LogP contribution in [0, 0.1) is 22.7 Å². The molecule has 4 atom stereocenters. The second-order valence-electron chi connectivity index (χ2n) is 12.5. The van der Waals surface area contributed by atoms with E-state index in [2.05, 4.69) is 31.4 Å². The van der Waals surface area contributed by atoms with Gasteiger partial charge in [0.2, 0.25) is 5.91 Å². The smallest absolute Gasteiger partial charge is 0.407 e. The Kier molecular flexibility index (Phi) is 7.96. The number of aromatic hydroxyl groups is 2. The highest BCUT2D eigenvalue weighted by atomic mass is 16.6. The summed E-state index contributed by atoms with van der Waals surface area (Å²) in [6.45, 7) is 12.2. The molecule has 2 aliphatic carbocycles. The second kappa shape index (κ2) is 10.3. The molecule has 2 amide bonds. The van der Waals surface area contributed by atoms with Gasteiger partial charge in [0.25, 0.3) is 0 Å². The third-order valence-corrected chi connectivity index (χ3v) is 8.00. The Labute approximate surface area is 214 Å². The van der Waals surface area contributed by atoms with Crippen molar-refractivity contribution in [3.05, 3.63) is 23.8 Å². The quantitative estimate of drug-likeness (QED) is 0.409. The van der Waals surface area contributed by atoms with E-state index >= 15 is 0 Å². The molecule has 0 bridgehead atoms. The lowest BCUT2D eigenvalue weighted by Gasteiger charge is -2.58. The number of amides is 2. The van der Waals surface area contributed by atoms with Crippen LogP contribution in [0.15, 0.2) is 18.2 Å². The van der Waals surface area contributed by atoms with Crippen molar-refractivity contribution in [3.8, 4) is 11.5 Å². The van der Waals surface area contributed by atoms with Crippen LogP contribution in [-0.2, 0) is 9.53 Å². The van der Waals surface area contributed by atoms with Gasteiger partial charge in [-0.15, -0.1) is 0 Å². The molecule has 1 aromatic rings. The fourth-order valence-corrected chi connectivity index (χ4v) is 6.46. The highest BCUT2D eigenvalue weighted by Gasteiger charge is 2.56. The molecule has 0 spiro atoms. The van der Waals surface area contributed by atoms with Crippen molar-refractivity contribution in [1.29, 1.82) is 0 Å². The van der Waals surface area contributed by atoms with E-state index in [9.17, 15) is 24.6 Å². The van der Waals surface area contributed by atoms with E-state index in [0.717, 1.165) is 25.7 Å². The van der Waals surface area contributed by atoms with E-state index in [-0.39, 0.29) is 70.4 Å². The number of benzene rings is 1. The average molecular weight is 503 g/mol. The van der Waals surface area contributed by atoms with E-state index in [1.165, 1.54) is 18.2 Å². The van der Waals surface area contributed by atoms with Gasteiger partial charge >= 0.3 is 6.09 Å². The number of fused-ring (bicyclic) bond motifs is 1. The zero-order valence-electron chi connectivity index (χ0n) is 22.4. The molecule has 8 heteroatoms. The second-order valence-corrected chi connectivity index (χ2v) is 12.5. The Morgan fingerprint density at radius 2 is 1.67 bits per heavy atom. The number of nitrogens with one attached hydrogen (secondary N) is 2. The number of hydrogen-bond acceptors (Lipinski definition) is 6. The first-order chi connectivity index (χ1) is 16.6. The Morgan fingerprint density at radius 3 is 2.28 bits per heavy atom. The van der Waals surface area contributed by atoms with Crippen molar-refractivity contribution in [1.82, 2.24) is 10.6 Å². The summed E-state index contributed by atoms with van der Waals surface area (Å²) in [5.74, 6) is -0.740. The van der Waals surface area contributed by atoms with Crippen molar-refractivity contribution >= 4 is 17.8 Å². The van der Waals surface area contributed by atoms with Gasteiger partial charge in [0, 0.05) is 36.6 Å². The predicted molar refractivity (Wildman–Crippen MR) is 137 cm³/mol. The number of phenolic OH excluding ortho intramolecular Hbond substituents is 2. The minimum atomic E-state index is -0.609. The molecule has 2 saturated carbocycles. The van der Waals surface area contributed by atoms with E-state index < -0.39 is 11.7 Å². The molecule has 0 radical (unpaired) electrons. The van der Waals surface area contributed by atoms with Gasteiger partial charge in [-0.1, -0.05) is 27.2 Å². The fourth-order valence-electron chi connectivity index (χ4n) is 6.46. The number of ketones is 1. The van der Waals surface area contributed by atoms with Crippen molar-refractivity contribution in [2.24, 2.45) is 22.7 Å². The molecule has 3 rings (SSSR count). The maximum atomic E-state index is 13.8. The molecule has 36 heavy (non-hydrogen) atoms. The molecule has 0 unspecified atom stereocenters. The largest absolute Gasteiger partial charge is 0.508 e. The summed E-state index contributed by atoms with van der Waals surface area (Å²) in [5.41, 5.74) is -0.565. The van der Waals surface area contributed by atoms with Crippen molar-refractivity contribution in [2.75, 3.05) is 6.54 Å². The van der Waals surface area contributed by atoms with Crippen LogP contribution in [0.2, 0.25) is 0 Å². The SMILES string of the molecule is CC(C)(C)OC(=O)NCCC(=O)N[C@H]1C[C@H](C(=O)c2cc(O)cc(O)c2)[C@@]2(C)CCCC(C)(C)[C@@H]2C1. The Bertz CT molecular complexity index is 978. The van der Waals surface area contributed by atoms with Crippen LogP contribution < -0.4 is 10.6 Å². The van der Waals surface area contributed by atoms with Crippen LogP contribution in [0.1, 0.15) is 90.4 Å². The Hall–Kier alpha value is -2.77. The van der Waals surface area contributed by atoms with Crippen LogP contribution in [0.3, 0.4) is 0 Å². The highest BCUT2D eigenvalue weighted by Crippen LogP contribution is 2.60. The minimum absolute atomic E-state index is 0.00810. The number of alkyl carbamates (subject to hydrolysis) is 1. The van der Waals surface area contributed by atoms with Crippen LogP contribution >= 0.6 is 0 Å². The Morgan fingerprint density at radius 1 is 1.03 bits per heavy atom. The summed E-state index contributed by atoms with van der Waals surface area (Å²) in [6, 6.07) is 3.83. The van der Waals surface area contributed by atoms with Gasteiger partial charge in [-0.25, -0.2) is 4.79 Å². The lowest BCUT2D eigenvalue weighted by atomic mass is 9.47. The van der Waals surface area contributed by atoms with E-state index in [1.54, 1.807) is 20.8 Å². The normalized spacial score (nSPS) is 27.4. The average Bonchev–Trinajstić information content (AvgIpc) is 2.71. The lowest BCUT2D eigenvalue weighted by molar-refractivity contribution is -0.124. The van der Waals surface area contributed by atoms with Gasteiger partial charge in [-0.2, -0.15) is 0 Å². The van der Waals surface area contributed by atoms with Gasteiger partial charge in [0.15, 0.2) is 5.78 Å². The molecule has 0 aromatic heterocycles.